The maximum Gasteiger partial charge on any atom is 0.409 e. The molecule has 30 heavy (non-hydrogen) atoms. The molecule has 2 aliphatic heterocycles. The van der Waals surface area contributed by atoms with Crippen molar-refractivity contribution in [3.8, 4) is 0 Å². The minimum absolute atomic E-state index is 0.0665. The van der Waals surface area contributed by atoms with Crippen LogP contribution in [0.5, 0.6) is 0 Å². The Kier molecular flexibility index (Phi) is 5.17. The Bertz CT molecular complexity index is 990. The van der Waals surface area contributed by atoms with Gasteiger partial charge in [0.2, 0.25) is 11.8 Å². The Hall–Kier alpha value is -3.03. The van der Waals surface area contributed by atoms with Crippen LogP contribution in [-0.2, 0) is 16.0 Å². The van der Waals surface area contributed by atoms with E-state index < -0.39 is 30.5 Å². The summed E-state index contributed by atoms with van der Waals surface area (Å²) in [5.41, 5.74) is 3.34. The van der Waals surface area contributed by atoms with Crippen LogP contribution in [0, 0.1) is 6.92 Å². The first kappa shape index (κ1) is 20.3. The van der Waals surface area contributed by atoms with E-state index in [2.05, 4.69) is 5.32 Å². The summed E-state index contributed by atoms with van der Waals surface area (Å²) in [7, 11) is 0. The van der Waals surface area contributed by atoms with Gasteiger partial charge in [-0.25, -0.2) is 0 Å². The largest absolute Gasteiger partial charge is 0.409 e. The van der Waals surface area contributed by atoms with Crippen LogP contribution in [0.25, 0.3) is 0 Å². The molecule has 2 aromatic carbocycles. The maximum atomic E-state index is 13.9. The predicted molar refractivity (Wildman–Crippen MR) is 109 cm³/mol. The van der Waals surface area contributed by atoms with E-state index in [0.717, 1.165) is 34.6 Å². The number of aryl methyl sites for hydroxylation is 2. The monoisotopic (exact) mass is 417 g/mol. The first-order valence-corrected chi connectivity index (χ1v) is 9.86. The van der Waals surface area contributed by atoms with Crippen molar-refractivity contribution in [3.05, 3.63) is 53.6 Å². The van der Waals surface area contributed by atoms with Crippen molar-refractivity contribution in [2.24, 2.45) is 0 Å². The topological polar surface area (TPSA) is 52.7 Å². The molecule has 0 aliphatic carbocycles. The molecule has 0 radical (unpaired) electrons. The Morgan fingerprint density at radius 3 is 2.70 bits per heavy atom. The molecule has 2 heterocycles. The van der Waals surface area contributed by atoms with E-state index in [1.54, 1.807) is 12.1 Å². The fourth-order valence-corrected chi connectivity index (χ4v) is 4.20. The van der Waals surface area contributed by atoms with Gasteiger partial charge in [0.1, 0.15) is 6.04 Å². The van der Waals surface area contributed by atoms with Gasteiger partial charge in [0, 0.05) is 12.2 Å². The molecule has 0 bridgehead atoms. The Labute approximate surface area is 172 Å². The number of carbonyl (C=O) groups is 2. The number of benzene rings is 2. The molecular weight excluding hydrogens is 395 g/mol. The van der Waals surface area contributed by atoms with E-state index in [1.807, 2.05) is 30.0 Å². The molecule has 0 saturated carbocycles. The number of hydrogen-bond acceptors (Lipinski definition) is 3. The normalized spacial score (nSPS) is 18.9. The molecule has 4 rings (SSSR count). The van der Waals surface area contributed by atoms with Crippen molar-refractivity contribution < 1.29 is 22.8 Å². The zero-order valence-electron chi connectivity index (χ0n) is 16.5. The standard InChI is InChI=1S/C22H22F3N3O2/c1-14-8-9-17-15(11-14)5-4-10-27(17)13-21(30)28-18-7-3-2-6-16(18)26-20(29)12-19(28)22(23,24)25/h2-3,6-9,11,19H,4-5,10,12-13H2,1H3,(H,26,29). The third-order valence-electron chi connectivity index (χ3n) is 5.55. The molecule has 8 heteroatoms. The fraction of sp³-hybridized carbons (Fsp3) is 0.364. The predicted octanol–water partition coefficient (Wildman–Crippen LogP) is 4.05. The maximum absolute atomic E-state index is 13.9. The number of nitrogens with one attached hydrogen (secondary N) is 1. The second-order valence-corrected chi connectivity index (χ2v) is 7.75. The van der Waals surface area contributed by atoms with Gasteiger partial charge in [-0.15, -0.1) is 0 Å². The smallest absolute Gasteiger partial charge is 0.362 e. The molecule has 0 saturated heterocycles. The van der Waals surface area contributed by atoms with Crippen molar-refractivity contribution in [1.82, 2.24) is 0 Å². The van der Waals surface area contributed by atoms with Crippen LogP contribution in [0.1, 0.15) is 24.0 Å². The fourth-order valence-electron chi connectivity index (χ4n) is 4.20. The highest BCUT2D eigenvalue weighted by Gasteiger charge is 2.49. The number of anilines is 3. The highest BCUT2D eigenvalue weighted by atomic mass is 19.4. The van der Waals surface area contributed by atoms with Crippen molar-refractivity contribution in [2.45, 2.75) is 38.4 Å². The highest BCUT2D eigenvalue weighted by Crippen LogP contribution is 2.38. The van der Waals surface area contributed by atoms with E-state index in [1.165, 1.54) is 12.1 Å². The molecule has 5 nitrogen and oxygen atoms in total. The third-order valence-corrected chi connectivity index (χ3v) is 5.55. The molecule has 0 fully saturated rings. The average Bonchev–Trinajstić information content (AvgIpc) is 2.83. The summed E-state index contributed by atoms with van der Waals surface area (Å²) in [6.45, 7) is 2.38. The van der Waals surface area contributed by atoms with Crippen molar-refractivity contribution in [2.75, 3.05) is 28.2 Å². The van der Waals surface area contributed by atoms with Crippen LogP contribution < -0.4 is 15.1 Å². The molecule has 2 amide bonds. The molecule has 1 unspecified atom stereocenters. The Morgan fingerprint density at radius 1 is 1.17 bits per heavy atom. The molecule has 158 valence electrons. The lowest BCUT2D eigenvalue weighted by Gasteiger charge is -2.36. The van der Waals surface area contributed by atoms with Gasteiger partial charge in [-0.2, -0.15) is 13.2 Å². The quantitative estimate of drug-likeness (QED) is 0.802. The minimum atomic E-state index is -4.73. The number of hydrogen-bond donors (Lipinski definition) is 1. The summed E-state index contributed by atoms with van der Waals surface area (Å²) in [6.07, 6.45) is -3.87. The van der Waals surface area contributed by atoms with Crippen LogP contribution in [0.4, 0.5) is 30.2 Å². The summed E-state index contributed by atoms with van der Waals surface area (Å²) < 4.78 is 41.6. The average molecular weight is 417 g/mol. The van der Waals surface area contributed by atoms with Gasteiger partial charge >= 0.3 is 6.18 Å². The number of rotatable bonds is 2. The minimum Gasteiger partial charge on any atom is -0.362 e. The lowest BCUT2D eigenvalue weighted by atomic mass is 9.99. The number of amides is 2. The number of fused-ring (bicyclic) bond motifs is 2. The van der Waals surface area contributed by atoms with Gasteiger partial charge < -0.3 is 10.2 Å². The number of halogens is 3. The summed E-state index contributed by atoms with van der Waals surface area (Å²) in [6, 6.07) is 9.80. The van der Waals surface area contributed by atoms with E-state index in [9.17, 15) is 22.8 Å². The molecule has 0 aromatic heterocycles. The van der Waals surface area contributed by atoms with Gasteiger partial charge in [0.05, 0.1) is 24.3 Å². The second-order valence-electron chi connectivity index (χ2n) is 7.75. The van der Waals surface area contributed by atoms with Gasteiger partial charge in [0.25, 0.3) is 0 Å². The summed E-state index contributed by atoms with van der Waals surface area (Å²) in [5, 5.41) is 2.49. The zero-order valence-corrected chi connectivity index (χ0v) is 16.5. The van der Waals surface area contributed by atoms with Crippen molar-refractivity contribution in [3.63, 3.8) is 0 Å². The summed E-state index contributed by atoms with van der Waals surface area (Å²) in [5.74, 6) is -1.45. The summed E-state index contributed by atoms with van der Waals surface area (Å²) in [4.78, 5) is 27.9. The number of para-hydroxylation sites is 2. The molecular formula is C22H22F3N3O2. The Morgan fingerprint density at radius 2 is 1.93 bits per heavy atom. The van der Waals surface area contributed by atoms with Crippen molar-refractivity contribution >= 4 is 28.9 Å². The molecule has 1 atom stereocenters. The molecule has 2 aromatic rings. The van der Waals surface area contributed by atoms with Gasteiger partial charge in [-0.1, -0.05) is 29.8 Å². The van der Waals surface area contributed by atoms with Crippen LogP contribution in [0.3, 0.4) is 0 Å². The summed E-state index contributed by atoms with van der Waals surface area (Å²) >= 11 is 0. The second kappa shape index (κ2) is 7.66. The molecule has 0 spiro atoms. The number of alkyl halides is 3. The molecule has 2 aliphatic rings. The van der Waals surface area contributed by atoms with Crippen LogP contribution in [0.2, 0.25) is 0 Å². The first-order chi connectivity index (χ1) is 14.2. The van der Waals surface area contributed by atoms with Crippen LogP contribution >= 0.6 is 0 Å². The van der Waals surface area contributed by atoms with E-state index >= 15 is 0 Å². The van der Waals surface area contributed by atoms with Crippen LogP contribution in [-0.4, -0.2) is 37.1 Å². The number of nitrogens with zero attached hydrogens (tertiary/aromatic N) is 2. The first-order valence-electron chi connectivity index (χ1n) is 9.86. The highest BCUT2D eigenvalue weighted by molar-refractivity contribution is 6.05. The zero-order chi connectivity index (χ0) is 21.5. The van der Waals surface area contributed by atoms with E-state index in [0.29, 0.717) is 6.54 Å². The molecule has 1 N–H and O–H groups in total. The van der Waals surface area contributed by atoms with E-state index in [-0.39, 0.29) is 17.9 Å². The number of carbonyl (C=O) groups excluding carboxylic acids is 2. The SMILES string of the molecule is Cc1ccc2c(c1)CCCN2CC(=O)N1c2ccccc2NC(=O)CC1C(F)(F)F. The van der Waals surface area contributed by atoms with Crippen LogP contribution in [0.15, 0.2) is 42.5 Å². The van der Waals surface area contributed by atoms with Gasteiger partial charge in [-0.3, -0.25) is 14.5 Å². The van der Waals surface area contributed by atoms with Gasteiger partial charge in [-0.05, 0) is 43.5 Å². The lowest BCUT2D eigenvalue weighted by Crippen LogP contribution is -2.53. The van der Waals surface area contributed by atoms with Gasteiger partial charge in [0.15, 0.2) is 0 Å². The lowest BCUT2D eigenvalue weighted by molar-refractivity contribution is -0.157. The van der Waals surface area contributed by atoms with E-state index in [4.69, 9.17) is 0 Å². The Balaban J connectivity index is 1.70. The van der Waals surface area contributed by atoms with Crippen molar-refractivity contribution in [1.29, 1.82) is 0 Å². The third kappa shape index (κ3) is 3.86.